The smallest absolute Gasteiger partial charge is 0.339 e. The molecular formula is C42H54N4O5. The van der Waals surface area contributed by atoms with Gasteiger partial charge < -0.3 is 23.8 Å². The maximum absolute atomic E-state index is 13.5. The Hall–Kier alpha value is -4.44. The van der Waals surface area contributed by atoms with Crippen LogP contribution in [0.5, 0.6) is 5.75 Å². The number of aryl methyl sites for hydroxylation is 3. The van der Waals surface area contributed by atoms with Crippen LogP contribution in [0.3, 0.4) is 0 Å². The lowest BCUT2D eigenvalue weighted by Gasteiger charge is -2.41. The summed E-state index contributed by atoms with van der Waals surface area (Å²) in [5, 5.41) is 0. The molecular weight excluding hydrogens is 640 g/mol. The second-order valence-electron chi connectivity index (χ2n) is 14.8. The Bertz CT molecular complexity index is 1900. The number of pyridine rings is 1. The first-order valence-corrected chi connectivity index (χ1v) is 17.7. The summed E-state index contributed by atoms with van der Waals surface area (Å²) in [6, 6.07) is 14.5. The quantitative estimate of drug-likeness (QED) is 0.0846. The fraction of sp³-hybridized carbons (Fsp3) is 0.429. The lowest BCUT2D eigenvalue weighted by Crippen LogP contribution is -2.45. The summed E-state index contributed by atoms with van der Waals surface area (Å²) in [5.74, 6) is 1.15. The number of ether oxygens (including phenoxy) is 4. The van der Waals surface area contributed by atoms with Gasteiger partial charge in [-0.25, -0.2) is 9.78 Å². The second-order valence-corrected chi connectivity index (χ2v) is 14.8. The second kappa shape index (κ2) is 15.4. The summed E-state index contributed by atoms with van der Waals surface area (Å²) in [4.78, 5) is 20.9. The number of nitrogens with zero attached hydrogens (tertiary/aromatic N) is 3. The van der Waals surface area contributed by atoms with E-state index in [1.165, 1.54) is 7.11 Å². The van der Waals surface area contributed by atoms with Crippen molar-refractivity contribution in [3.63, 3.8) is 0 Å². The van der Waals surface area contributed by atoms with Crippen molar-refractivity contribution in [2.75, 3.05) is 31.7 Å². The molecule has 1 saturated heterocycles. The number of anilines is 1. The van der Waals surface area contributed by atoms with Crippen molar-refractivity contribution >= 4 is 17.4 Å². The van der Waals surface area contributed by atoms with Gasteiger partial charge in [0.05, 0.1) is 30.6 Å². The number of methoxy groups -OCH3 is 1. The minimum Gasteiger partial charge on any atom is -0.475 e. The van der Waals surface area contributed by atoms with Gasteiger partial charge in [-0.1, -0.05) is 30.4 Å². The highest BCUT2D eigenvalue weighted by atomic mass is 16.6. The molecule has 2 unspecified atom stereocenters. The van der Waals surface area contributed by atoms with E-state index in [1.54, 1.807) is 12.2 Å². The van der Waals surface area contributed by atoms with Crippen molar-refractivity contribution < 1.29 is 23.7 Å². The van der Waals surface area contributed by atoms with Crippen molar-refractivity contribution in [2.45, 2.75) is 91.3 Å². The van der Waals surface area contributed by atoms with Gasteiger partial charge in [-0.3, -0.25) is 10.1 Å². The third-order valence-electron chi connectivity index (χ3n) is 9.53. The number of nitrogens with two attached hydrogens (primary N) is 1. The van der Waals surface area contributed by atoms with Crippen LogP contribution in [0, 0.1) is 20.8 Å². The van der Waals surface area contributed by atoms with E-state index >= 15 is 0 Å². The molecule has 3 heterocycles. The Kier molecular flexibility index (Phi) is 11.4. The minimum atomic E-state index is -0.940. The fourth-order valence-electron chi connectivity index (χ4n) is 6.65. The van der Waals surface area contributed by atoms with Gasteiger partial charge in [-0.15, -0.1) is 13.2 Å². The molecule has 272 valence electrons. The number of fused-ring (bicyclic) bond motifs is 1. The number of imidazole rings is 1. The molecule has 2 N–H and O–H groups in total. The molecule has 51 heavy (non-hydrogen) atoms. The molecule has 2 atom stereocenters. The molecule has 0 saturated carbocycles. The summed E-state index contributed by atoms with van der Waals surface area (Å²) < 4.78 is 26.3. The Morgan fingerprint density at radius 3 is 2.35 bits per heavy atom. The Balaban J connectivity index is 1.65. The average molecular weight is 695 g/mol. The molecule has 0 amide bonds. The van der Waals surface area contributed by atoms with Gasteiger partial charge in [-0.2, -0.15) is 0 Å². The van der Waals surface area contributed by atoms with Gasteiger partial charge in [-0.05, 0) is 108 Å². The molecule has 9 nitrogen and oxygen atoms in total. The molecule has 0 bridgehead atoms. The first kappa shape index (κ1) is 37.8. The molecule has 0 aliphatic carbocycles. The van der Waals surface area contributed by atoms with Crippen LogP contribution in [-0.4, -0.2) is 59.6 Å². The number of carbonyl (C=O) groups excluding carboxylic acids is 1. The lowest BCUT2D eigenvalue weighted by atomic mass is 9.92. The Morgan fingerprint density at radius 2 is 1.71 bits per heavy atom. The highest BCUT2D eigenvalue weighted by Gasteiger charge is 2.37. The van der Waals surface area contributed by atoms with E-state index in [1.807, 2.05) is 45.9 Å². The normalized spacial score (nSPS) is 15.7. The molecule has 5 rings (SSSR count). The van der Waals surface area contributed by atoms with Gasteiger partial charge in [0.25, 0.3) is 0 Å². The fourth-order valence-corrected chi connectivity index (χ4v) is 6.65. The molecule has 4 aromatic rings. The number of hydrogen-bond donors (Lipinski definition) is 1. The maximum atomic E-state index is 13.5. The van der Waals surface area contributed by atoms with Crippen molar-refractivity contribution in [3.8, 4) is 28.1 Å². The van der Waals surface area contributed by atoms with Crippen LogP contribution in [0.1, 0.15) is 75.3 Å². The molecule has 2 aromatic heterocycles. The van der Waals surface area contributed by atoms with E-state index < -0.39 is 23.9 Å². The van der Waals surface area contributed by atoms with Crippen molar-refractivity contribution in [2.24, 2.45) is 5.73 Å². The number of carbonyl (C=O) groups is 1. The summed E-state index contributed by atoms with van der Waals surface area (Å²) in [6.45, 7) is 23.7. The molecule has 0 radical (unpaired) electrons. The highest BCUT2D eigenvalue weighted by Crippen LogP contribution is 2.40. The first-order valence-electron chi connectivity index (χ1n) is 17.7. The number of piperidine rings is 1. The predicted molar refractivity (Wildman–Crippen MR) is 205 cm³/mol. The summed E-state index contributed by atoms with van der Waals surface area (Å²) >= 11 is 0. The van der Waals surface area contributed by atoms with E-state index in [-0.39, 0.29) is 5.60 Å². The van der Waals surface area contributed by atoms with E-state index in [2.05, 4.69) is 73.7 Å². The number of hydrogen-bond acceptors (Lipinski definition) is 8. The highest BCUT2D eigenvalue weighted by molar-refractivity contribution is 5.82. The van der Waals surface area contributed by atoms with Crippen LogP contribution < -0.4 is 15.4 Å². The zero-order valence-electron chi connectivity index (χ0n) is 31.5. The van der Waals surface area contributed by atoms with Crippen molar-refractivity contribution in [3.05, 3.63) is 96.2 Å². The van der Waals surface area contributed by atoms with Crippen molar-refractivity contribution in [1.29, 1.82) is 0 Å². The largest absolute Gasteiger partial charge is 0.475 e. The number of rotatable bonds is 13. The van der Waals surface area contributed by atoms with E-state index in [9.17, 15) is 4.79 Å². The van der Waals surface area contributed by atoms with Crippen LogP contribution >= 0.6 is 0 Å². The summed E-state index contributed by atoms with van der Waals surface area (Å²) in [7, 11) is 1.40. The Labute approximate surface area is 303 Å². The van der Waals surface area contributed by atoms with Crippen LogP contribution in [0.4, 0.5) is 5.82 Å². The zero-order chi connectivity index (χ0) is 37.1. The summed E-state index contributed by atoms with van der Waals surface area (Å²) in [5.41, 5.74) is 13.8. The number of benzene rings is 2. The lowest BCUT2D eigenvalue weighted by molar-refractivity contribution is -0.164. The maximum Gasteiger partial charge on any atom is 0.339 e. The van der Waals surface area contributed by atoms with E-state index in [0.29, 0.717) is 13.0 Å². The van der Waals surface area contributed by atoms with E-state index in [4.69, 9.17) is 29.7 Å². The number of aromatic nitrogens is 2. The van der Waals surface area contributed by atoms with Crippen LogP contribution in [-0.2, 0) is 19.0 Å². The summed E-state index contributed by atoms with van der Waals surface area (Å²) in [6.07, 6.45) is 6.31. The van der Waals surface area contributed by atoms with Crippen LogP contribution in [0.15, 0.2) is 74.0 Å². The average Bonchev–Trinajstić information content (AvgIpc) is 3.51. The SMILES string of the molecule is C=CCOC1(C)CCN(c2c(C(OC(C)(C)C)C(=O)OC)c(C)cc3nc(-c4cccc(-c5cc(C)c(C)cc5OC(N)CC=C)c4)cn23)CC1. The van der Waals surface area contributed by atoms with Gasteiger partial charge in [0, 0.05) is 42.4 Å². The topological polar surface area (TPSA) is 101 Å². The number of esters is 1. The predicted octanol–water partition coefficient (Wildman–Crippen LogP) is 8.42. The van der Waals surface area contributed by atoms with Gasteiger partial charge in [0.1, 0.15) is 17.2 Å². The van der Waals surface area contributed by atoms with Gasteiger partial charge in [0.15, 0.2) is 12.3 Å². The molecule has 2 aromatic carbocycles. The third-order valence-corrected chi connectivity index (χ3v) is 9.53. The zero-order valence-corrected chi connectivity index (χ0v) is 31.5. The van der Waals surface area contributed by atoms with Crippen LogP contribution in [0.2, 0.25) is 0 Å². The molecule has 1 aliphatic heterocycles. The molecule has 0 spiro atoms. The third kappa shape index (κ3) is 8.55. The van der Waals surface area contributed by atoms with Gasteiger partial charge >= 0.3 is 5.97 Å². The van der Waals surface area contributed by atoms with Gasteiger partial charge in [0.2, 0.25) is 0 Å². The Morgan fingerprint density at radius 1 is 1.02 bits per heavy atom. The van der Waals surface area contributed by atoms with E-state index in [0.717, 1.165) is 87.8 Å². The standard InChI is InChI=1S/C42H54N4O5/c1-11-14-35(43)50-34-23-28(4)27(3)22-32(34)30-15-13-16-31(25-30)33-26-46-36(44-33)24-29(5)37(38(40(47)48-10)51-41(6,7)8)39(46)45-19-17-42(9,18-20-45)49-21-12-2/h11-13,15-16,22-26,35,38H,1-2,14,17-21,43H2,3-10H3. The molecule has 1 fully saturated rings. The molecule has 1 aliphatic rings. The first-order chi connectivity index (χ1) is 24.2. The van der Waals surface area contributed by atoms with Crippen molar-refractivity contribution in [1.82, 2.24) is 9.38 Å². The molecule has 9 heteroatoms. The monoisotopic (exact) mass is 694 g/mol. The minimum absolute atomic E-state index is 0.273. The van der Waals surface area contributed by atoms with Crippen LogP contribution in [0.25, 0.3) is 28.0 Å².